The van der Waals surface area contributed by atoms with E-state index in [-0.39, 0.29) is 29.8 Å². The van der Waals surface area contributed by atoms with Crippen molar-refractivity contribution in [2.45, 2.75) is 35.1 Å². The number of furan rings is 1. The highest BCUT2D eigenvalue weighted by molar-refractivity contribution is 9.09. The normalized spacial score (nSPS) is 36.2. The summed E-state index contributed by atoms with van der Waals surface area (Å²) in [6, 6.07) is 3.04. The molecule has 2 aliphatic heterocycles. The van der Waals surface area contributed by atoms with Crippen LogP contribution in [-0.4, -0.2) is 66.9 Å². The van der Waals surface area contributed by atoms with Crippen LogP contribution in [0.4, 0.5) is 4.79 Å². The van der Waals surface area contributed by atoms with Crippen molar-refractivity contribution >= 4 is 68.9 Å². The van der Waals surface area contributed by atoms with E-state index in [1.165, 1.54) is 12.1 Å². The van der Waals surface area contributed by atoms with Crippen LogP contribution in [0.25, 0.3) is 0 Å². The van der Waals surface area contributed by atoms with E-state index in [9.17, 15) is 29.1 Å². The number of aliphatic hydroxyl groups is 1. The number of fused-ring (bicyclic) bond motifs is 4. The maximum absolute atomic E-state index is 13.5. The summed E-state index contributed by atoms with van der Waals surface area (Å²) >= 11 is 17.1. The largest absolute Gasteiger partial charge is 0.463 e. The zero-order valence-corrected chi connectivity index (χ0v) is 21.3. The smallest absolute Gasteiger partial charge is 0.423 e. The van der Waals surface area contributed by atoms with Crippen LogP contribution in [-0.2, 0) is 30.5 Å². The topological polar surface area (TPSA) is 134 Å². The first-order chi connectivity index (χ1) is 16.6. The Morgan fingerprint density at radius 1 is 1.20 bits per heavy atom. The Balaban J connectivity index is 1.70. The second kappa shape index (κ2) is 8.16. The number of carbonyl (C=O) groups excluding carboxylic acids is 5. The van der Waals surface area contributed by atoms with Crippen molar-refractivity contribution in [1.29, 1.82) is 0 Å². The SMILES string of the molecule is COC(=O)N1C(=O)C2CC=C3C(CC4(Cl)C(=O)N(CBr)C(=O)C4(Cl)C3c3ccc(CO)o3)C2C1=O. The maximum atomic E-state index is 13.5. The number of ether oxygens (including phenoxy) is 1. The third-order valence-electron chi connectivity index (χ3n) is 7.49. The number of hydrogen-bond donors (Lipinski definition) is 1. The lowest BCUT2D eigenvalue weighted by molar-refractivity contribution is -0.140. The van der Waals surface area contributed by atoms with Gasteiger partial charge in [-0.05, 0) is 30.9 Å². The number of methoxy groups -OCH3 is 1. The molecule has 1 N–H and O–H groups in total. The van der Waals surface area contributed by atoms with Gasteiger partial charge in [0.1, 0.15) is 18.1 Å². The zero-order chi connectivity index (χ0) is 25.4. The average Bonchev–Trinajstić information content (AvgIpc) is 3.45. The van der Waals surface area contributed by atoms with Gasteiger partial charge in [-0.3, -0.25) is 24.1 Å². The monoisotopic (exact) mass is 588 g/mol. The minimum absolute atomic E-state index is 0.102. The number of alkyl halides is 3. The summed E-state index contributed by atoms with van der Waals surface area (Å²) in [7, 11) is 1.06. The van der Waals surface area contributed by atoms with Crippen molar-refractivity contribution in [3.05, 3.63) is 35.3 Å². The van der Waals surface area contributed by atoms with Gasteiger partial charge in [-0.25, -0.2) is 4.79 Å². The Morgan fingerprint density at radius 2 is 1.91 bits per heavy atom. The molecule has 1 saturated carbocycles. The molecule has 1 aromatic rings. The van der Waals surface area contributed by atoms with Gasteiger partial charge in [-0.15, -0.1) is 23.2 Å². The fraction of sp³-hybridized carbons (Fsp3) is 0.500. The zero-order valence-electron chi connectivity index (χ0n) is 18.2. The summed E-state index contributed by atoms with van der Waals surface area (Å²) in [6.07, 6.45) is 0.507. The molecular formula is C22H19BrCl2N2O8. The minimum atomic E-state index is -1.99. The molecule has 5 rings (SSSR count). The molecule has 3 fully saturated rings. The summed E-state index contributed by atoms with van der Waals surface area (Å²) < 4.78 is 10.4. The lowest BCUT2D eigenvalue weighted by Crippen LogP contribution is -2.60. The molecule has 10 nitrogen and oxygen atoms in total. The molecule has 186 valence electrons. The lowest BCUT2D eigenvalue weighted by atomic mass is 9.57. The highest BCUT2D eigenvalue weighted by atomic mass is 79.9. The molecule has 5 amide bonds. The van der Waals surface area contributed by atoms with E-state index >= 15 is 0 Å². The van der Waals surface area contributed by atoms with E-state index in [0.29, 0.717) is 10.5 Å². The molecule has 4 aliphatic rings. The Morgan fingerprint density at radius 3 is 2.51 bits per heavy atom. The molecule has 0 spiro atoms. The number of imide groups is 4. The highest BCUT2D eigenvalue weighted by Crippen LogP contribution is 2.65. The van der Waals surface area contributed by atoms with E-state index < -0.39 is 69.7 Å². The van der Waals surface area contributed by atoms with Crippen molar-refractivity contribution in [2.75, 3.05) is 12.6 Å². The Hall–Kier alpha value is -2.21. The van der Waals surface area contributed by atoms with Crippen LogP contribution in [0.2, 0.25) is 0 Å². The first-order valence-corrected chi connectivity index (χ1v) is 12.6. The summed E-state index contributed by atoms with van der Waals surface area (Å²) in [5.74, 6) is -6.25. The third kappa shape index (κ3) is 2.95. The van der Waals surface area contributed by atoms with Gasteiger partial charge < -0.3 is 14.3 Å². The van der Waals surface area contributed by atoms with Crippen molar-refractivity contribution in [1.82, 2.24) is 9.80 Å². The van der Waals surface area contributed by atoms with Gasteiger partial charge in [-0.1, -0.05) is 27.6 Å². The van der Waals surface area contributed by atoms with Crippen molar-refractivity contribution in [2.24, 2.45) is 17.8 Å². The summed E-state index contributed by atoms with van der Waals surface area (Å²) in [5.41, 5.74) is 0.366. The third-order valence-corrected chi connectivity index (χ3v) is 9.41. The molecule has 0 aromatic carbocycles. The summed E-state index contributed by atoms with van der Waals surface area (Å²) in [5, 5.41) is 9.52. The number of allylic oxidation sites excluding steroid dienone is 2. The summed E-state index contributed by atoms with van der Waals surface area (Å²) in [4.78, 5) is 62.8. The van der Waals surface area contributed by atoms with Gasteiger partial charge in [0.2, 0.25) is 11.8 Å². The molecule has 6 atom stereocenters. The van der Waals surface area contributed by atoms with Gasteiger partial charge >= 0.3 is 6.09 Å². The van der Waals surface area contributed by atoms with Gasteiger partial charge in [0.05, 0.1) is 30.3 Å². The van der Waals surface area contributed by atoms with Crippen molar-refractivity contribution < 1.29 is 38.2 Å². The van der Waals surface area contributed by atoms with Crippen molar-refractivity contribution in [3.63, 3.8) is 0 Å². The van der Waals surface area contributed by atoms with Gasteiger partial charge in [0.15, 0.2) is 9.75 Å². The van der Waals surface area contributed by atoms with E-state index in [1.807, 2.05) is 0 Å². The number of likely N-dealkylation sites (tertiary alicyclic amines) is 2. The second-order valence-corrected chi connectivity index (χ2v) is 10.7. The van der Waals surface area contributed by atoms with E-state index in [4.69, 9.17) is 27.6 Å². The number of rotatable bonds is 3. The molecule has 2 aliphatic carbocycles. The molecule has 13 heteroatoms. The van der Waals surface area contributed by atoms with Crippen molar-refractivity contribution in [3.8, 4) is 0 Å². The average molecular weight is 590 g/mol. The molecule has 2 saturated heterocycles. The first kappa shape index (κ1) is 24.5. The molecule has 0 bridgehead atoms. The second-order valence-electron chi connectivity index (χ2n) is 8.93. The van der Waals surface area contributed by atoms with Crippen LogP contribution >= 0.6 is 39.1 Å². The van der Waals surface area contributed by atoms with Crippen LogP contribution in [0.5, 0.6) is 0 Å². The molecule has 0 radical (unpaired) electrons. The molecule has 35 heavy (non-hydrogen) atoms. The van der Waals surface area contributed by atoms with Crippen LogP contribution in [0.15, 0.2) is 28.2 Å². The number of amides is 5. The Kier molecular flexibility index (Phi) is 5.70. The Bertz CT molecular complexity index is 1220. The number of aliphatic hydroxyl groups excluding tert-OH is 1. The van der Waals surface area contributed by atoms with E-state index in [1.54, 1.807) is 6.08 Å². The van der Waals surface area contributed by atoms with Gasteiger partial charge in [0.25, 0.3) is 11.8 Å². The predicted molar refractivity (Wildman–Crippen MR) is 122 cm³/mol. The number of carbonyl (C=O) groups is 5. The fourth-order valence-corrected chi connectivity index (χ4v) is 7.38. The number of halogens is 3. The first-order valence-electron chi connectivity index (χ1n) is 10.7. The standard InChI is InChI=1S/C22H19BrCl2N2O8/c1-34-20(33)27-16(29)11-4-3-10-12(14(11)17(27)30)6-21(24)18(31)26(8-23)19(32)22(21,25)15(10)13-5-2-9(7-28)35-13/h2-3,5,11-12,14-15,28H,4,6-8H2,1H3. The predicted octanol–water partition coefficient (Wildman–Crippen LogP) is 2.25. The van der Waals surface area contributed by atoms with Crippen LogP contribution in [0.1, 0.15) is 30.3 Å². The minimum Gasteiger partial charge on any atom is -0.463 e. The number of nitrogens with zero attached hydrogens (tertiary/aromatic N) is 2. The maximum Gasteiger partial charge on any atom is 0.423 e. The fourth-order valence-electron chi connectivity index (χ4n) is 5.97. The van der Waals surface area contributed by atoms with Crippen LogP contribution in [0.3, 0.4) is 0 Å². The van der Waals surface area contributed by atoms with Gasteiger partial charge in [0, 0.05) is 0 Å². The quantitative estimate of drug-likeness (QED) is 0.245. The molecule has 1 aromatic heterocycles. The summed E-state index contributed by atoms with van der Waals surface area (Å²) in [6.45, 7) is -0.414. The van der Waals surface area contributed by atoms with Crippen LogP contribution < -0.4 is 0 Å². The van der Waals surface area contributed by atoms with Gasteiger partial charge in [-0.2, -0.15) is 4.90 Å². The van der Waals surface area contributed by atoms with Crippen LogP contribution in [0, 0.1) is 17.8 Å². The van der Waals surface area contributed by atoms with E-state index in [0.717, 1.165) is 12.0 Å². The molecule has 6 unspecified atom stereocenters. The highest BCUT2D eigenvalue weighted by Gasteiger charge is 2.77. The Labute approximate surface area is 217 Å². The molecule has 3 heterocycles. The lowest BCUT2D eigenvalue weighted by Gasteiger charge is -2.49. The number of hydrogen-bond acceptors (Lipinski definition) is 8. The molecular weight excluding hydrogens is 571 g/mol. The van der Waals surface area contributed by atoms with E-state index in [2.05, 4.69) is 20.7 Å².